The van der Waals surface area contributed by atoms with E-state index in [1.807, 2.05) is 36.4 Å². The number of carbonyl (C=O) groups is 2. The Labute approximate surface area is 314 Å². The Bertz CT molecular complexity index is 1950. The standard InChI is InChI=1S/C42H47FN6O5/c43-34-22-29(40-32-9-8-31(50)23-38(32)54-26-33(40)28-4-2-1-3-5-28)6-12-37(34)49-16-14-27(15-17-49)25-47-18-20-48(21-19-47)30-7-10-35(44-24-30)41(52)45-36-11-13-39(51)46-42(36)53/h1-10,12,22-24,27,33,36,40-41,45,50,52H,11,13-21,25-26H2,(H,46,51,53)/t33-,36?,40-,41?/m0/s1. The van der Waals surface area contributed by atoms with Crippen LogP contribution in [0.4, 0.5) is 15.8 Å². The number of halogens is 1. The first kappa shape index (κ1) is 36.0. The van der Waals surface area contributed by atoms with Crippen LogP contribution in [0.3, 0.4) is 0 Å². The summed E-state index contributed by atoms with van der Waals surface area (Å²) in [6, 6.07) is 24.2. The number of pyridine rings is 1. The lowest BCUT2D eigenvalue weighted by molar-refractivity contribution is -0.135. The number of aromatic nitrogens is 1. The van der Waals surface area contributed by atoms with Gasteiger partial charge in [0.25, 0.3) is 0 Å². The van der Waals surface area contributed by atoms with E-state index in [-0.39, 0.29) is 35.7 Å². The summed E-state index contributed by atoms with van der Waals surface area (Å²) in [7, 11) is 0. The van der Waals surface area contributed by atoms with Crippen molar-refractivity contribution in [1.29, 1.82) is 0 Å². The third kappa shape index (κ3) is 7.77. The van der Waals surface area contributed by atoms with Gasteiger partial charge in [0.2, 0.25) is 11.8 Å². The third-order valence-corrected chi connectivity index (χ3v) is 11.6. The molecule has 4 atom stereocenters. The number of piperidine rings is 2. The minimum Gasteiger partial charge on any atom is -0.508 e. The summed E-state index contributed by atoms with van der Waals surface area (Å²) in [5, 5.41) is 25.9. The molecule has 0 spiro atoms. The van der Waals surface area contributed by atoms with E-state index in [4.69, 9.17) is 4.74 Å². The van der Waals surface area contributed by atoms with Gasteiger partial charge < -0.3 is 24.7 Å². The highest BCUT2D eigenvalue weighted by molar-refractivity contribution is 6.00. The summed E-state index contributed by atoms with van der Waals surface area (Å²) >= 11 is 0. The van der Waals surface area contributed by atoms with Gasteiger partial charge in [0.1, 0.15) is 23.5 Å². The molecule has 0 aliphatic carbocycles. The van der Waals surface area contributed by atoms with Crippen LogP contribution in [0.1, 0.15) is 66.1 Å². The fourth-order valence-corrected chi connectivity index (χ4v) is 8.56. The Balaban J connectivity index is 0.833. The maximum absolute atomic E-state index is 16.0. The van der Waals surface area contributed by atoms with Crippen molar-refractivity contribution < 1.29 is 28.9 Å². The number of nitrogens with zero attached hydrogens (tertiary/aromatic N) is 4. The van der Waals surface area contributed by atoms with Crippen molar-refractivity contribution in [3.05, 3.63) is 113 Å². The SMILES string of the molecule is O=C1CCC(NC(O)c2ccc(N3CCN(CC4CCN(c5ccc([C@H]6c7ccc(O)cc7OC[C@H]6c6ccccc6)cc5F)CC4)CC3)cn2)C(=O)N1. The van der Waals surface area contributed by atoms with Gasteiger partial charge in [-0.1, -0.05) is 42.5 Å². The number of hydrogen-bond acceptors (Lipinski definition) is 10. The molecular weight excluding hydrogens is 687 g/mol. The molecule has 282 valence electrons. The van der Waals surface area contributed by atoms with Gasteiger partial charge >= 0.3 is 0 Å². The number of fused-ring (bicyclic) bond motifs is 1. The number of piperazine rings is 1. The summed E-state index contributed by atoms with van der Waals surface area (Å²) in [6.45, 7) is 6.73. The number of ether oxygens (including phenoxy) is 1. The predicted molar refractivity (Wildman–Crippen MR) is 203 cm³/mol. The number of rotatable bonds is 9. The van der Waals surface area contributed by atoms with Gasteiger partial charge in [-0.25, -0.2) is 4.39 Å². The molecule has 11 nitrogen and oxygen atoms in total. The second-order valence-corrected chi connectivity index (χ2v) is 15.0. The number of amides is 2. The van der Waals surface area contributed by atoms with Gasteiger partial charge in [-0.3, -0.25) is 30.1 Å². The lowest BCUT2D eigenvalue weighted by atomic mass is 9.76. The van der Waals surface area contributed by atoms with E-state index in [0.29, 0.717) is 36.1 Å². The predicted octanol–water partition coefficient (Wildman–Crippen LogP) is 4.66. The Morgan fingerprint density at radius 1 is 0.889 bits per heavy atom. The zero-order chi connectivity index (χ0) is 37.2. The van der Waals surface area contributed by atoms with Gasteiger partial charge in [-0.05, 0) is 66.6 Å². The number of phenols is 1. The number of anilines is 2. The molecule has 8 rings (SSSR count). The fraction of sp³-hybridized carbons (Fsp3) is 0.405. The molecule has 1 aromatic heterocycles. The Hall–Kier alpha value is -5.04. The maximum Gasteiger partial charge on any atom is 0.243 e. The minimum absolute atomic E-state index is 0.0124. The van der Waals surface area contributed by atoms with Crippen molar-refractivity contribution in [3.8, 4) is 11.5 Å². The van der Waals surface area contributed by atoms with Crippen molar-refractivity contribution in [3.63, 3.8) is 0 Å². The molecule has 0 radical (unpaired) electrons. The molecule has 3 saturated heterocycles. The van der Waals surface area contributed by atoms with Crippen molar-refractivity contribution >= 4 is 23.2 Å². The van der Waals surface area contributed by atoms with Crippen LogP contribution in [0.15, 0.2) is 85.1 Å². The lowest BCUT2D eigenvalue weighted by Gasteiger charge is -2.40. The lowest BCUT2D eigenvalue weighted by Crippen LogP contribution is -2.51. The molecule has 4 N–H and O–H groups in total. The summed E-state index contributed by atoms with van der Waals surface area (Å²) in [4.78, 5) is 34.9. The Morgan fingerprint density at radius 2 is 1.69 bits per heavy atom. The summed E-state index contributed by atoms with van der Waals surface area (Å²) < 4.78 is 22.1. The highest BCUT2D eigenvalue weighted by Crippen LogP contribution is 2.47. The smallest absolute Gasteiger partial charge is 0.243 e. The molecule has 3 aromatic carbocycles. The van der Waals surface area contributed by atoms with Crippen LogP contribution >= 0.6 is 0 Å². The van der Waals surface area contributed by atoms with Crippen LogP contribution in [-0.4, -0.2) is 90.4 Å². The van der Waals surface area contributed by atoms with Gasteiger partial charge in [-0.15, -0.1) is 0 Å². The zero-order valence-electron chi connectivity index (χ0n) is 30.2. The van der Waals surface area contributed by atoms with Crippen LogP contribution in [0.5, 0.6) is 11.5 Å². The Morgan fingerprint density at radius 3 is 2.41 bits per heavy atom. The van der Waals surface area contributed by atoms with Crippen molar-refractivity contribution in [1.82, 2.24) is 20.5 Å². The van der Waals surface area contributed by atoms with E-state index in [1.165, 1.54) is 0 Å². The zero-order valence-corrected chi connectivity index (χ0v) is 30.2. The first-order chi connectivity index (χ1) is 26.3. The van der Waals surface area contributed by atoms with E-state index in [9.17, 15) is 19.8 Å². The molecule has 12 heteroatoms. The average molecular weight is 735 g/mol. The normalized spacial score (nSPS) is 23.0. The number of aliphatic hydroxyl groups excluding tert-OH is 1. The molecule has 2 unspecified atom stereocenters. The molecule has 54 heavy (non-hydrogen) atoms. The number of phenolic OH excluding ortho intramolecular Hbond substituents is 1. The number of hydrogen-bond donors (Lipinski definition) is 4. The number of benzene rings is 3. The van der Waals surface area contributed by atoms with E-state index >= 15 is 4.39 Å². The van der Waals surface area contributed by atoms with Crippen molar-refractivity contribution in [2.45, 2.75) is 49.8 Å². The number of aromatic hydroxyl groups is 1. The number of aliphatic hydroxyl groups is 1. The van der Waals surface area contributed by atoms with Crippen molar-refractivity contribution in [2.24, 2.45) is 5.92 Å². The summed E-state index contributed by atoms with van der Waals surface area (Å²) in [5.74, 6) is 0.325. The van der Waals surface area contributed by atoms with Crippen LogP contribution in [0.2, 0.25) is 0 Å². The largest absolute Gasteiger partial charge is 0.508 e. The molecule has 5 heterocycles. The molecule has 4 aliphatic rings. The first-order valence-corrected chi connectivity index (χ1v) is 19.0. The summed E-state index contributed by atoms with van der Waals surface area (Å²) in [5.41, 5.74) is 5.06. The molecule has 0 bridgehead atoms. The number of nitrogens with one attached hydrogen (secondary N) is 2. The van der Waals surface area contributed by atoms with Gasteiger partial charge in [0, 0.05) is 75.7 Å². The molecule has 3 fully saturated rings. The van der Waals surface area contributed by atoms with E-state index in [0.717, 1.165) is 81.0 Å². The minimum atomic E-state index is -1.11. The van der Waals surface area contributed by atoms with Crippen LogP contribution in [0.25, 0.3) is 0 Å². The molecular formula is C42H47FN6O5. The van der Waals surface area contributed by atoms with Gasteiger partial charge in [0.05, 0.1) is 35.9 Å². The van der Waals surface area contributed by atoms with Gasteiger partial charge in [-0.2, -0.15) is 0 Å². The van der Waals surface area contributed by atoms with Crippen LogP contribution in [-0.2, 0) is 9.59 Å². The first-order valence-electron chi connectivity index (χ1n) is 19.0. The summed E-state index contributed by atoms with van der Waals surface area (Å²) in [6.07, 6.45) is 3.25. The van der Waals surface area contributed by atoms with Crippen LogP contribution in [0, 0.1) is 11.7 Å². The van der Waals surface area contributed by atoms with Crippen molar-refractivity contribution in [2.75, 3.05) is 62.2 Å². The quantitative estimate of drug-likeness (QED) is 0.142. The molecule has 2 amide bonds. The van der Waals surface area contributed by atoms with E-state index in [2.05, 4.69) is 48.5 Å². The van der Waals surface area contributed by atoms with Gasteiger partial charge in [0.15, 0.2) is 0 Å². The number of carbonyl (C=O) groups excluding carboxylic acids is 2. The topological polar surface area (TPSA) is 130 Å². The maximum atomic E-state index is 16.0. The fourth-order valence-electron chi connectivity index (χ4n) is 8.56. The van der Waals surface area contributed by atoms with Crippen LogP contribution < -0.4 is 25.2 Å². The average Bonchev–Trinajstić information content (AvgIpc) is 3.19. The Kier molecular flexibility index (Phi) is 10.5. The second kappa shape index (κ2) is 15.7. The highest BCUT2D eigenvalue weighted by Gasteiger charge is 2.35. The highest BCUT2D eigenvalue weighted by atomic mass is 19.1. The number of imide groups is 1. The molecule has 4 aromatic rings. The second-order valence-electron chi connectivity index (χ2n) is 15.0. The molecule has 0 saturated carbocycles. The monoisotopic (exact) mass is 734 g/mol. The van der Waals surface area contributed by atoms with E-state index < -0.39 is 18.2 Å². The van der Waals surface area contributed by atoms with E-state index in [1.54, 1.807) is 30.5 Å². The third-order valence-electron chi connectivity index (χ3n) is 11.6. The molecule has 4 aliphatic heterocycles.